The van der Waals surface area contributed by atoms with Crippen LogP contribution in [0.1, 0.15) is 22.8 Å². The molecule has 96 valence electrons. The fraction of sp³-hybridized carbons (Fsp3) is 0.118. The smallest absolute Gasteiger partial charge is 0.251 e. The first kappa shape index (κ1) is 13.1. The van der Waals surface area contributed by atoms with Gasteiger partial charge >= 0.3 is 0 Å². The molecular weight excluding hydrogens is 234 g/mol. The average Bonchev–Trinajstić information content (AvgIpc) is 2.47. The first-order valence-corrected chi connectivity index (χ1v) is 6.35. The summed E-state index contributed by atoms with van der Waals surface area (Å²) in [6, 6.07) is 19.3. The number of carbonyl (C=O) groups excluding carboxylic acids is 1. The summed E-state index contributed by atoms with van der Waals surface area (Å²) in [4.78, 5) is 11.9. The molecule has 0 bridgehead atoms. The summed E-state index contributed by atoms with van der Waals surface area (Å²) < 4.78 is 0. The van der Waals surface area contributed by atoms with E-state index in [-0.39, 0.29) is 11.9 Å². The lowest BCUT2D eigenvalue weighted by atomic mass is 10.1. The van der Waals surface area contributed by atoms with E-state index in [4.69, 9.17) is 0 Å². The highest BCUT2D eigenvalue weighted by molar-refractivity contribution is 5.94. The van der Waals surface area contributed by atoms with Crippen molar-refractivity contribution in [2.75, 3.05) is 0 Å². The third-order valence-corrected chi connectivity index (χ3v) is 2.77. The van der Waals surface area contributed by atoms with Gasteiger partial charge in [-0.15, -0.1) is 0 Å². The first-order chi connectivity index (χ1) is 9.25. The molecule has 0 heterocycles. The maximum atomic E-state index is 11.9. The Morgan fingerprint density at radius 3 is 2.21 bits per heavy atom. The van der Waals surface area contributed by atoms with Crippen molar-refractivity contribution in [2.45, 2.75) is 13.0 Å². The van der Waals surface area contributed by atoms with E-state index in [0.29, 0.717) is 5.56 Å². The van der Waals surface area contributed by atoms with E-state index in [1.54, 1.807) is 0 Å². The maximum absolute atomic E-state index is 11.9. The topological polar surface area (TPSA) is 29.1 Å². The van der Waals surface area contributed by atoms with Crippen molar-refractivity contribution < 1.29 is 4.79 Å². The van der Waals surface area contributed by atoms with E-state index in [9.17, 15) is 4.79 Å². The zero-order valence-corrected chi connectivity index (χ0v) is 10.9. The Kier molecular flexibility index (Phi) is 4.51. The Morgan fingerprint density at radius 1 is 1.00 bits per heavy atom. The van der Waals surface area contributed by atoms with Crippen LogP contribution in [0.15, 0.2) is 66.7 Å². The van der Waals surface area contributed by atoms with Crippen molar-refractivity contribution in [1.82, 2.24) is 5.32 Å². The van der Waals surface area contributed by atoms with Crippen LogP contribution in [0.25, 0.3) is 6.08 Å². The summed E-state index contributed by atoms with van der Waals surface area (Å²) in [5.41, 5.74) is 1.81. The second-order valence-corrected chi connectivity index (χ2v) is 4.40. The van der Waals surface area contributed by atoms with Crippen LogP contribution < -0.4 is 5.32 Å². The molecule has 0 aliphatic carbocycles. The summed E-state index contributed by atoms with van der Waals surface area (Å²) in [5, 5.41) is 2.94. The standard InChI is InChI=1S/C17H17NO/c1-14(12-13-15-8-4-2-5-9-15)18-17(19)16-10-6-3-7-11-16/h2-14H,1H3,(H,18,19)/b13-12+/t14-/m1/s1. The summed E-state index contributed by atoms with van der Waals surface area (Å²) in [7, 11) is 0. The zero-order chi connectivity index (χ0) is 13.5. The zero-order valence-electron chi connectivity index (χ0n) is 10.9. The van der Waals surface area contributed by atoms with Crippen molar-refractivity contribution in [3.05, 3.63) is 77.9 Å². The highest BCUT2D eigenvalue weighted by Gasteiger charge is 2.06. The van der Waals surface area contributed by atoms with Gasteiger partial charge in [-0.25, -0.2) is 0 Å². The van der Waals surface area contributed by atoms with E-state index in [2.05, 4.69) is 5.32 Å². The summed E-state index contributed by atoms with van der Waals surface area (Å²) >= 11 is 0. The number of hydrogen-bond donors (Lipinski definition) is 1. The van der Waals surface area contributed by atoms with Gasteiger partial charge in [-0.3, -0.25) is 4.79 Å². The molecule has 1 amide bonds. The largest absolute Gasteiger partial charge is 0.346 e. The minimum absolute atomic E-state index is 0.00656. The van der Waals surface area contributed by atoms with E-state index in [1.807, 2.05) is 79.7 Å². The molecule has 0 aliphatic rings. The highest BCUT2D eigenvalue weighted by atomic mass is 16.1. The molecule has 2 heteroatoms. The summed E-state index contributed by atoms with van der Waals surface area (Å²) in [6.45, 7) is 1.96. The van der Waals surface area contributed by atoms with Gasteiger partial charge in [0.1, 0.15) is 0 Å². The van der Waals surface area contributed by atoms with Crippen LogP contribution in [-0.4, -0.2) is 11.9 Å². The average molecular weight is 251 g/mol. The van der Waals surface area contributed by atoms with E-state index in [1.165, 1.54) is 0 Å². The number of carbonyl (C=O) groups is 1. The van der Waals surface area contributed by atoms with Crippen LogP contribution in [0.3, 0.4) is 0 Å². The molecule has 0 spiro atoms. The normalized spacial score (nSPS) is 12.3. The number of benzene rings is 2. The summed E-state index contributed by atoms with van der Waals surface area (Å²) in [5.74, 6) is -0.0502. The Labute approximate surface area is 113 Å². The van der Waals surface area contributed by atoms with Gasteiger partial charge in [0.05, 0.1) is 0 Å². The van der Waals surface area contributed by atoms with E-state index < -0.39 is 0 Å². The van der Waals surface area contributed by atoms with E-state index >= 15 is 0 Å². The number of rotatable bonds is 4. The SMILES string of the molecule is C[C@H](/C=C/c1ccccc1)NC(=O)c1ccccc1. The van der Waals surface area contributed by atoms with Gasteiger partial charge in [0.25, 0.3) is 5.91 Å². The molecule has 2 aromatic rings. The molecule has 0 aromatic heterocycles. The molecule has 19 heavy (non-hydrogen) atoms. The van der Waals surface area contributed by atoms with Gasteiger partial charge in [-0.2, -0.15) is 0 Å². The summed E-state index contributed by atoms with van der Waals surface area (Å²) in [6.07, 6.45) is 3.99. The van der Waals surface area contributed by atoms with Crippen LogP contribution in [0, 0.1) is 0 Å². The monoisotopic (exact) mass is 251 g/mol. The Morgan fingerprint density at radius 2 is 1.58 bits per heavy atom. The lowest BCUT2D eigenvalue weighted by Gasteiger charge is -2.09. The molecule has 2 nitrogen and oxygen atoms in total. The number of hydrogen-bond acceptors (Lipinski definition) is 1. The lowest BCUT2D eigenvalue weighted by molar-refractivity contribution is 0.0947. The number of nitrogens with one attached hydrogen (secondary N) is 1. The molecular formula is C17H17NO. The van der Waals surface area contributed by atoms with E-state index in [0.717, 1.165) is 5.56 Å². The molecule has 1 atom stereocenters. The highest BCUT2D eigenvalue weighted by Crippen LogP contribution is 2.03. The van der Waals surface area contributed by atoms with Gasteiger partial charge in [0.15, 0.2) is 0 Å². The first-order valence-electron chi connectivity index (χ1n) is 6.35. The molecule has 2 rings (SSSR count). The van der Waals surface area contributed by atoms with Gasteiger partial charge < -0.3 is 5.32 Å². The van der Waals surface area contributed by atoms with Crippen LogP contribution in [0.4, 0.5) is 0 Å². The van der Waals surface area contributed by atoms with Crippen LogP contribution in [-0.2, 0) is 0 Å². The molecule has 0 fully saturated rings. The molecule has 0 aliphatic heterocycles. The van der Waals surface area contributed by atoms with Gasteiger partial charge in [-0.1, -0.05) is 60.7 Å². The predicted octanol–water partition coefficient (Wildman–Crippen LogP) is 3.52. The van der Waals surface area contributed by atoms with Crippen molar-refractivity contribution in [3.63, 3.8) is 0 Å². The molecule has 0 unspecified atom stereocenters. The Hall–Kier alpha value is -2.35. The molecule has 0 saturated heterocycles. The molecule has 1 N–H and O–H groups in total. The third kappa shape index (κ3) is 4.11. The van der Waals surface area contributed by atoms with Crippen molar-refractivity contribution >= 4 is 12.0 Å². The molecule has 0 saturated carbocycles. The minimum atomic E-state index is -0.0502. The lowest BCUT2D eigenvalue weighted by Crippen LogP contribution is -2.30. The van der Waals surface area contributed by atoms with Crippen LogP contribution in [0.2, 0.25) is 0 Å². The quantitative estimate of drug-likeness (QED) is 0.885. The predicted molar refractivity (Wildman–Crippen MR) is 78.8 cm³/mol. The van der Waals surface area contributed by atoms with Gasteiger partial charge in [0, 0.05) is 11.6 Å². The van der Waals surface area contributed by atoms with Crippen LogP contribution in [0.5, 0.6) is 0 Å². The Bertz CT molecular complexity index is 546. The van der Waals surface area contributed by atoms with Gasteiger partial charge in [-0.05, 0) is 24.6 Å². The van der Waals surface area contributed by atoms with Crippen LogP contribution >= 0.6 is 0 Å². The Balaban J connectivity index is 1.93. The van der Waals surface area contributed by atoms with Gasteiger partial charge in [0.2, 0.25) is 0 Å². The maximum Gasteiger partial charge on any atom is 0.251 e. The van der Waals surface area contributed by atoms with Crippen molar-refractivity contribution in [2.24, 2.45) is 0 Å². The second-order valence-electron chi connectivity index (χ2n) is 4.40. The molecule has 0 radical (unpaired) electrons. The fourth-order valence-corrected chi connectivity index (χ4v) is 1.75. The molecule has 2 aromatic carbocycles. The third-order valence-electron chi connectivity index (χ3n) is 2.77. The van der Waals surface area contributed by atoms with Crippen molar-refractivity contribution in [1.29, 1.82) is 0 Å². The number of amides is 1. The second kappa shape index (κ2) is 6.55. The minimum Gasteiger partial charge on any atom is -0.346 e. The van der Waals surface area contributed by atoms with Crippen molar-refractivity contribution in [3.8, 4) is 0 Å². The fourth-order valence-electron chi connectivity index (χ4n) is 1.75.